The molecule has 0 N–H and O–H groups in total. The SMILES string of the molecule is CC(C)c1cc(C(C)C)c([S+](c2ccccc2)c2c(C(C)C)cc(C(C)C)cc2C(C)C)c(C(C)C)c1.O=C([O-])C12CC3CC(CC(C3)C1)C2. The summed E-state index contributed by atoms with van der Waals surface area (Å²) in [4.78, 5) is 15.7. The van der Waals surface area contributed by atoms with Gasteiger partial charge in [-0.1, -0.05) is 126 Å². The lowest BCUT2D eigenvalue weighted by atomic mass is 9.49. The average molecular weight is 695 g/mol. The third-order valence-corrected chi connectivity index (χ3v) is 14.5. The molecule has 4 aliphatic carbocycles. The van der Waals surface area contributed by atoms with E-state index in [1.165, 1.54) is 57.5 Å². The zero-order valence-corrected chi connectivity index (χ0v) is 34.2. The standard InChI is InChI=1S/C36H51S.C11H16O2/c1-22(2)28-18-31(24(5)6)35(32(19-28)25(7)8)37(30-16-14-13-15-17-30)36-33(26(9)10)20-29(23(3)4)21-34(36)27(11)12;12-10(13)11-4-7-1-8(5-11)3-9(2-7)6-11/h13-27H,1-12H3;7-9H,1-6H2,(H,12,13)/q+1;/p-1. The Balaban J connectivity index is 0.000000306. The first-order valence-electron chi connectivity index (χ1n) is 19.9. The largest absolute Gasteiger partial charge is 0.550 e. The highest BCUT2D eigenvalue weighted by Crippen LogP contribution is 2.59. The van der Waals surface area contributed by atoms with Crippen LogP contribution < -0.4 is 5.11 Å². The van der Waals surface area contributed by atoms with Crippen molar-refractivity contribution >= 4 is 16.9 Å². The minimum absolute atomic E-state index is 0.186. The second-order valence-electron chi connectivity index (χ2n) is 18.1. The van der Waals surface area contributed by atoms with Gasteiger partial charge < -0.3 is 9.90 Å². The number of carbonyl (C=O) groups is 1. The van der Waals surface area contributed by atoms with Crippen LogP contribution in [0.5, 0.6) is 0 Å². The summed E-state index contributed by atoms with van der Waals surface area (Å²) in [5, 5.41) is 11.1. The lowest BCUT2D eigenvalue weighted by Crippen LogP contribution is -2.54. The van der Waals surface area contributed by atoms with Crippen LogP contribution in [-0.2, 0) is 15.7 Å². The zero-order valence-electron chi connectivity index (χ0n) is 33.4. The summed E-state index contributed by atoms with van der Waals surface area (Å²) in [6.07, 6.45) is 6.65. The van der Waals surface area contributed by atoms with Crippen molar-refractivity contribution in [2.24, 2.45) is 23.2 Å². The fourth-order valence-corrected chi connectivity index (χ4v) is 12.7. The number of carboxylic acids is 1. The van der Waals surface area contributed by atoms with E-state index in [1.54, 1.807) is 9.79 Å². The van der Waals surface area contributed by atoms with Gasteiger partial charge in [0.05, 0.1) is 0 Å². The molecule has 4 fully saturated rings. The van der Waals surface area contributed by atoms with E-state index < -0.39 is 11.4 Å². The molecule has 7 rings (SSSR count). The van der Waals surface area contributed by atoms with Crippen LogP contribution in [0.25, 0.3) is 0 Å². The highest BCUT2D eigenvalue weighted by Gasteiger charge is 2.51. The fourth-order valence-electron chi connectivity index (χ4n) is 9.51. The highest BCUT2D eigenvalue weighted by atomic mass is 32.2. The highest BCUT2D eigenvalue weighted by molar-refractivity contribution is 7.97. The van der Waals surface area contributed by atoms with E-state index >= 15 is 0 Å². The van der Waals surface area contributed by atoms with Crippen LogP contribution >= 0.6 is 0 Å². The Labute approximate surface area is 308 Å². The van der Waals surface area contributed by atoms with Gasteiger partial charge in [0, 0.05) is 33.6 Å². The van der Waals surface area contributed by atoms with Gasteiger partial charge in [0.25, 0.3) is 0 Å². The van der Waals surface area contributed by atoms with Gasteiger partial charge in [-0.05, 0) is 115 Å². The van der Waals surface area contributed by atoms with Crippen LogP contribution in [-0.4, -0.2) is 5.97 Å². The normalized spacial score (nSPS) is 22.8. The Bertz CT molecular complexity index is 1460. The summed E-state index contributed by atoms with van der Waals surface area (Å²) in [5.41, 5.74) is 8.65. The third-order valence-electron chi connectivity index (χ3n) is 12.0. The van der Waals surface area contributed by atoms with Crippen molar-refractivity contribution in [1.29, 1.82) is 0 Å². The number of benzene rings is 3. The molecule has 3 heteroatoms. The molecule has 272 valence electrons. The first-order chi connectivity index (χ1) is 23.5. The van der Waals surface area contributed by atoms with Crippen molar-refractivity contribution in [2.45, 2.75) is 172 Å². The third kappa shape index (κ3) is 7.94. The van der Waals surface area contributed by atoms with Gasteiger partial charge in [-0.2, -0.15) is 0 Å². The summed E-state index contributed by atoms with van der Waals surface area (Å²) < 4.78 is 0. The summed E-state index contributed by atoms with van der Waals surface area (Å²) in [6.45, 7) is 28.4. The molecule has 0 spiro atoms. The van der Waals surface area contributed by atoms with E-state index in [0.717, 1.165) is 19.3 Å². The molecule has 0 unspecified atom stereocenters. The molecule has 0 amide bonds. The van der Waals surface area contributed by atoms with Gasteiger partial charge in [-0.25, -0.2) is 0 Å². The van der Waals surface area contributed by atoms with Crippen LogP contribution in [0.1, 0.15) is 190 Å². The molecule has 50 heavy (non-hydrogen) atoms. The van der Waals surface area contributed by atoms with Crippen LogP contribution in [0.4, 0.5) is 0 Å². The first-order valence-corrected chi connectivity index (χ1v) is 21.1. The number of hydrogen-bond acceptors (Lipinski definition) is 2. The molecule has 0 radical (unpaired) electrons. The monoisotopic (exact) mass is 694 g/mol. The molecule has 0 saturated heterocycles. The summed E-state index contributed by atoms with van der Waals surface area (Å²) in [5.74, 6) is 4.27. The van der Waals surface area contributed by atoms with Gasteiger partial charge in [0.2, 0.25) is 0 Å². The van der Waals surface area contributed by atoms with Gasteiger partial charge >= 0.3 is 0 Å². The van der Waals surface area contributed by atoms with Gasteiger partial charge in [0.15, 0.2) is 14.7 Å². The van der Waals surface area contributed by atoms with Gasteiger partial charge in [0.1, 0.15) is 10.9 Å². The van der Waals surface area contributed by atoms with E-state index in [2.05, 4.69) is 138 Å². The van der Waals surface area contributed by atoms with Crippen molar-refractivity contribution in [2.75, 3.05) is 0 Å². The predicted octanol–water partition coefficient (Wildman–Crippen LogP) is 12.5. The average Bonchev–Trinajstić information content (AvgIpc) is 3.04. The van der Waals surface area contributed by atoms with Gasteiger partial charge in [-0.15, -0.1) is 0 Å². The second-order valence-corrected chi connectivity index (χ2v) is 20.0. The van der Waals surface area contributed by atoms with E-state index in [-0.39, 0.29) is 10.9 Å². The molecule has 4 saturated carbocycles. The quantitative estimate of drug-likeness (QED) is 0.198. The van der Waals surface area contributed by atoms with Crippen molar-refractivity contribution in [3.63, 3.8) is 0 Å². The minimum atomic E-state index is -0.758. The number of rotatable bonds is 10. The number of hydrogen-bond donors (Lipinski definition) is 0. The molecule has 0 atom stereocenters. The molecule has 2 nitrogen and oxygen atoms in total. The van der Waals surface area contributed by atoms with E-state index in [1.807, 2.05) is 0 Å². The number of carboxylic acid groups (broad SMARTS) is 1. The molecular formula is C47H66O2S. The maximum Gasteiger partial charge on any atom is 0.173 e. The Hall–Kier alpha value is -2.52. The number of aliphatic carboxylic acids is 1. The Morgan fingerprint density at radius 2 is 0.880 bits per heavy atom. The Kier molecular flexibility index (Phi) is 12.1. The van der Waals surface area contributed by atoms with Crippen molar-refractivity contribution < 1.29 is 9.90 Å². The van der Waals surface area contributed by atoms with E-state index in [9.17, 15) is 9.90 Å². The molecule has 0 heterocycles. The lowest BCUT2D eigenvalue weighted by molar-refractivity contribution is -0.327. The predicted molar refractivity (Wildman–Crippen MR) is 212 cm³/mol. The maximum atomic E-state index is 11.1. The lowest BCUT2D eigenvalue weighted by Gasteiger charge is -2.57. The van der Waals surface area contributed by atoms with E-state index in [0.29, 0.717) is 53.3 Å². The zero-order chi connectivity index (χ0) is 36.7. The summed E-state index contributed by atoms with van der Waals surface area (Å²) in [7, 11) is -0.186. The molecular weight excluding hydrogens is 629 g/mol. The van der Waals surface area contributed by atoms with Crippen molar-refractivity contribution in [3.05, 3.63) is 88.0 Å². The maximum absolute atomic E-state index is 11.1. The molecule has 3 aromatic carbocycles. The molecule has 4 bridgehead atoms. The second kappa shape index (κ2) is 15.6. The van der Waals surface area contributed by atoms with E-state index in [4.69, 9.17) is 0 Å². The van der Waals surface area contributed by atoms with Crippen LogP contribution in [0.2, 0.25) is 0 Å². The Morgan fingerprint density at radius 3 is 1.14 bits per heavy atom. The Morgan fingerprint density at radius 1 is 0.560 bits per heavy atom. The fraction of sp³-hybridized carbons (Fsp3) is 0.596. The molecule has 3 aromatic rings. The molecule has 0 aliphatic heterocycles. The smallest absolute Gasteiger partial charge is 0.173 e. The molecule has 4 aliphatic rings. The van der Waals surface area contributed by atoms with Crippen molar-refractivity contribution in [3.8, 4) is 0 Å². The van der Waals surface area contributed by atoms with Crippen LogP contribution in [0.3, 0.4) is 0 Å². The minimum Gasteiger partial charge on any atom is -0.550 e. The summed E-state index contributed by atoms with van der Waals surface area (Å²) in [6, 6.07) is 21.5. The topological polar surface area (TPSA) is 40.1 Å². The van der Waals surface area contributed by atoms with Crippen molar-refractivity contribution in [1.82, 2.24) is 0 Å². The molecule has 0 aromatic heterocycles. The number of carbonyl (C=O) groups excluding carboxylic acids is 1. The van der Waals surface area contributed by atoms with Crippen LogP contribution in [0, 0.1) is 23.2 Å². The van der Waals surface area contributed by atoms with Gasteiger partial charge in [-0.3, -0.25) is 0 Å². The van der Waals surface area contributed by atoms with Crippen LogP contribution in [0.15, 0.2) is 69.3 Å². The first kappa shape index (κ1) is 38.7. The summed E-state index contributed by atoms with van der Waals surface area (Å²) >= 11 is 0.